The Kier molecular flexibility index (Phi) is 7.57. The SMILES string of the molecule is Cc1ccc(SCCNC(=O)c2cc(S(=O)(=O)N3CCN(C)CC3)ccc2C)cc1. The van der Waals surface area contributed by atoms with Gasteiger partial charge in [-0.25, -0.2) is 8.42 Å². The first-order valence-corrected chi connectivity index (χ1v) is 12.5. The zero-order chi connectivity index (χ0) is 21.7. The number of aryl methyl sites for hydroxylation is 2. The highest BCUT2D eigenvalue weighted by atomic mass is 32.2. The van der Waals surface area contributed by atoms with Crippen LogP contribution >= 0.6 is 11.8 Å². The Morgan fingerprint density at radius 3 is 2.37 bits per heavy atom. The average molecular weight is 448 g/mol. The lowest BCUT2D eigenvalue weighted by Crippen LogP contribution is -2.47. The first kappa shape index (κ1) is 22.8. The molecule has 0 atom stereocenters. The summed E-state index contributed by atoms with van der Waals surface area (Å²) in [7, 11) is -1.62. The molecule has 0 aromatic heterocycles. The van der Waals surface area contributed by atoms with Gasteiger partial charge < -0.3 is 10.2 Å². The van der Waals surface area contributed by atoms with Gasteiger partial charge in [0.05, 0.1) is 4.90 Å². The van der Waals surface area contributed by atoms with Gasteiger partial charge >= 0.3 is 0 Å². The number of likely N-dealkylation sites (N-methyl/N-ethyl adjacent to an activating group) is 1. The van der Waals surface area contributed by atoms with Crippen LogP contribution < -0.4 is 5.32 Å². The predicted molar refractivity (Wildman–Crippen MR) is 122 cm³/mol. The van der Waals surface area contributed by atoms with E-state index in [-0.39, 0.29) is 10.8 Å². The number of sulfonamides is 1. The van der Waals surface area contributed by atoms with E-state index in [4.69, 9.17) is 0 Å². The van der Waals surface area contributed by atoms with Crippen molar-refractivity contribution in [2.24, 2.45) is 0 Å². The molecule has 0 saturated carbocycles. The van der Waals surface area contributed by atoms with E-state index in [0.29, 0.717) is 38.3 Å². The van der Waals surface area contributed by atoms with Crippen molar-refractivity contribution in [2.45, 2.75) is 23.6 Å². The molecule has 0 bridgehead atoms. The zero-order valence-corrected chi connectivity index (χ0v) is 19.4. The molecule has 0 aliphatic carbocycles. The number of benzene rings is 2. The molecule has 1 fully saturated rings. The normalized spacial score (nSPS) is 15.8. The molecule has 162 valence electrons. The first-order valence-electron chi connectivity index (χ1n) is 10.0. The number of hydrogen-bond acceptors (Lipinski definition) is 5. The van der Waals surface area contributed by atoms with Gasteiger partial charge in [0, 0.05) is 48.9 Å². The molecule has 3 rings (SSSR count). The van der Waals surface area contributed by atoms with E-state index in [1.807, 2.05) is 14.0 Å². The number of rotatable bonds is 7. The fourth-order valence-corrected chi connectivity index (χ4v) is 5.46. The molecule has 8 heteroatoms. The summed E-state index contributed by atoms with van der Waals surface area (Å²) >= 11 is 1.68. The Labute approximate surface area is 183 Å². The average Bonchev–Trinajstić information content (AvgIpc) is 2.73. The van der Waals surface area contributed by atoms with Crippen LogP contribution in [-0.2, 0) is 10.0 Å². The summed E-state index contributed by atoms with van der Waals surface area (Å²) in [5.74, 6) is 0.500. The van der Waals surface area contributed by atoms with Gasteiger partial charge in [0.25, 0.3) is 5.91 Å². The second-order valence-corrected chi connectivity index (χ2v) is 10.7. The summed E-state index contributed by atoms with van der Waals surface area (Å²) in [6.45, 7) is 6.71. The predicted octanol–water partition coefficient (Wildman–Crippen LogP) is 2.76. The van der Waals surface area contributed by atoms with E-state index < -0.39 is 10.0 Å². The Hall–Kier alpha value is -1.87. The molecule has 1 N–H and O–H groups in total. The van der Waals surface area contributed by atoms with Crippen LogP contribution in [0.15, 0.2) is 52.3 Å². The van der Waals surface area contributed by atoms with Crippen molar-refractivity contribution in [3.05, 3.63) is 59.2 Å². The summed E-state index contributed by atoms with van der Waals surface area (Å²) in [4.78, 5) is 16.1. The van der Waals surface area contributed by atoms with Crippen molar-refractivity contribution >= 4 is 27.7 Å². The number of amides is 1. The molecule has 0 radical (unpaired) electrons. The molecule has 6 nitrogen and oxygen atoms in total. The Balaban J connectivity index is 1.62. The molecule has 1 heterocycles. The van der Waals surface area contributed by atoms with Gasteiger partial charge in [0.1, 0.15) is 0 Å². The fraction of sp³-hybridized carbons (Fsp3) is 0.409. The van der Waals surface area contributed by atoms with Gasteiger partial charge in [-0.1, -0.05) is 23.8 Å². The van der Waals surface area contributed by atoms with Crippen LogP contribution in [0.3, 0.4) is 0 Å². The lowest BCUT2D eigenvalue weighted by atomic mass is 10.1. The summed E-state index contributed by atoms with van der Waals surface area (Å²) in [5, 5.41) is 2.91. The molecule has 1 aliphatic rings. The third-order valence-corrected chi connectivity index (χ3v) is 8.14. The number of nitrogens with one attached hydrogen (secondary N) is 1. The largest absolute Gasteiger partial charge is 0.351 e. The van der Waals surface area contributed by atoms with Gasteiger partial charge in [-0.2, -0.15) is 4.31 Å². The van der Waals surface area contributed by atoms with Crippen LogP contribution in [0.2, 0.25) is 0 Å². The van der Waals surface area contributed by atoms with E-state index in [9.17, 15) is 13.2 Å². The van der Waals surface area contributed by atoms with E-state index in [2.05, 4.69) is 41.4 Å². The molecule has 1 amide bonds. The van der Waals surface area contributed by atoms with Crippen molar-refractivity contribution < 1.29 is 13.2 Å². The van der Waals surface area contributed by atoms with Crippen molar-refractivity contribution in [1.29, 1.82) is 0 Å². The van der Waals surface area contributed by atoms with Crippen molar-refractivity contribution in [3.63, 3.8) is 0 Å². The molecular formula is C22H29N3O3S2. The lowest BCUT2D eigenvalue weighted by Gasteiger charge is -2.31. The standard InChI is InChI=1S/C22H29N3O3S2/c1-17-4-7-19(8-5-17)29-15-10-23-22(26)21-16-20(9-6-18(21)2)30(27,28)25-13-11-24(3)12-14-25/h4-9,16H,10-15H2,1-3H3,(H,23,26). The first-order chi connectivity index (χ1) is 14.3. The molecule has 1 saturated heterocycles. The third kappa shape index (κ3) is 5.63. The highest BCUT2D eigenvalue weighted by Gasteiger charge is 2.28. The molecular weight excluding hydrogens is 418 g/mol. The number of hydrogen-bond donors (Lipinski definition) is 1. The van der Waals surface area contributed by atoms with Gasteiger partial charge in [-0.05, 0) is 50.7 Å². The van der Waals surface area contributed by atoms with Crippen molar-refractivity contribution in [3.8, 4) is 0 Å². The molecule has 0 unspecified atom stereocenters. The minimum Gasteiger partial charge on any atom is -0.351 e. The number of carbonyl (C=O) groups is 1. The fourth-order valence-electron chi connectivity index (χ4n) is 3.25. The molecule has 0 spiro atoms. The summed E-state index contributed by atoms with van der Waals surface area (Å²) in [6, 6.07) is 13.1. The van der Waals surface area contributed by atoms with Crippen LogP contribution in [0.25, 0.3) is 0 Å². The minimum atomic E-state index is -3.60. The highest BCUT2D eigenvalue weighted by molar-refractivity contribution is 7.99. The Morgan fingerprint density at radius 2 is 1.70 bits per heavy atom. The van der Waals surface area contributed by atoms with E-state index >= 15 is 0 Å². The summed E-state index contributed by atoms with van der Waals surface area (Å²) < 4.78 is 27.5. The Bertz CT molecular complexity index is 983. The van der Waals surface area contributed by atoms with Crippen LogP contribution in [-0.4, -0.2) is 69.1 Å². The van der Waals surface area contributed by atoms with Gasteiger partial charge in [-0.15, -0.1) is 11.8 Å². The smallest absolute Gasteiger partial charge is 0.251 e. The monoisotopic (exact) mass is 447 g/mol. The second-order valence-electron chi connectivity index (χ2n) is 7.60. The number of thioether (sulfide) groups is 1. The van der Waals surface area contributed by atoms with Crippen LogP contribution in [0.1, 0.15) is 21.5 Å². The minimum absolute atomic E-state index is 0.178. The van der Waals surface area contributed by atoms with Gasteiger partial charge in [0.2, 0.25) is 10.0 Å². The maximum Gasteiger partial charge on any atom is 0.251 e. The number of piperazine rings is 1. The highest BCUT2D eigenvalue weighted by Crippen LogP contribution is 2.21. The lowest BCUT2D eigenvalue weighted by molar-refractivity contribution is 0.0955. The van der Waals surface area contributed by atoms with Crippen LogP contribution in [0.5, 0.6) is 0 Å². The van der Waals surface area contributed by atoms with Gasteiger partial charge in [0.15, 0.2) is 0 Å². The topological polar surface area (TPSA) is 69.7 Å². The molecule has 2 aromatic carbocycles. The molecule has 2 aromatic rings. The second kappa shape index (κ2) is 9.96. The Morgan fingerprint density at radius 1 is 1.03 bits per heavy atom. The summed E-state index contributed by atoms with van der Waals surface area (Å²) in [6.07, 6.45) is 0. The maximum atomic E-state index is 13.0. The maximum absolute atomic E-state index is 13.0. The van der Waals surface area contributed by atoms with Crippen LogP contribution in [0, 0.1) is 13.8 Å². The van der Waals surface area contributed by atoms with E-state index in [1.165, 1.54) is 15.9 Å². The summed E-state index contributed by atoms with van der Waals surface area (Å²) in [5.41, 5.74) is 2.39. The third-order valence-electron chi connectivity index (χ3n) is 5.23. The molecule has 1 aliphatic heterocycles. The quantitative estimate of drug-likeness (QED) is 0.522. The number of carbonyl (C=O) groups excluding carboxylic acids is 1. The molecule has 30 heavy (non-hydrogen) atoms. The van der Waals surface area contributed by atoms with E-state index in [0.717, 1.165) is 16.2 Å². The van der Waals surface area contributed by atoms with Gasteiger partial charge in [-0.3, -0.25) is 4.79 Å². The van der Waals surface area contributed by atoms with Crippen molar-refractivity contribution in [1.82, 2.24) is 14.5 Å². The number of nitrogens with zero attached hydrogens (tertiary/aromatic N) is 2. The van der Waals surface area contributed by atoms with Crippen LogP contribution in [0.4, 0.5) is 0 Å². The van der Waals surface area contributed by atoms with Crippen molar-refractivity contribution in [2.75, 3.05) is 45.5 Å². The van der Waals surface area contributed by atoms with E-state index in [1.54, 1.807) is 23.9 Å². The zero-order valence-electron chi connectivity index (χ0n) is 17.7.